The van der Waals surface area contributed by atoms with Crippen molar-refractivity contribution in [3.05, 3.63) is 85.6 Å². The van der Waals surface area contributed by atoms with Crippen molar-refractivity contribution in [1.82, 2.24) is 5.32 Å². The Balaban J connectivity index is 0. The predicted octanol–water partition coefficient (Wildman–Crippen LogP) is 5.32. The lowest BCUT2D eigenvalue weighted by atomic mass is 10.00. The highest BCUT2D eigenvalue weighted by molar-refractivity contribution is 5.87. The summed E-state index contributed by atoms with van der Waals surface area (Å²) < 4.78 is 12.6. The molecule has 1 atom stereocenters. The Morgan fingerprint density at radius 3 is 2.58 bits per heavy atom. The molecule has 1 rings (SSSR count). The third-order valence-corrected chi connectivity index (χ3v) is 3.11. The van der Waals surface area contributed by atoms with Crippen molar-refractivity contribution in [3.63, 3.8) is 0 Å². The van der Waals surface area contributed by atoms with Crippen LogP contribution in [0.5, 0.6) is 0 Å². The average Bonchev–Trinajstić information content (AvgIpc) is 2.89. The van der Waals surface area contributed by atoms with E-state index in [2.05, 4.69) is 42.8 Å². The Morgan fingerprint density at radius 2 is 2.00 bits per heavy atom. The van der Waals surface area contributed by atoms with Crippen LogP contribution in [0.1, 0.15) is 33.1 Å². The second-order valence-electron chi connectivity index (χ2n) is 5.36. The molecule has 0 aromatic rings. The molecule has 0 amide bonds. The van der Waals surface area contributed by atoms with E-state index in [9.17, 15) is 9.18 Å². The fourth-order valence-electron chi connectivity index (χ4n) is 1.99. The molecule has 0 heterocycles. The van der Waals surface area contributed by atoms with Crippen LogP contribution in [0.3, 0.4) is 0 Å². The molecule has 1 aliphatic carbocycles. The van der Waals surface area contributed by atoms with Crippen LogP contribution in [0.25, 0.3) is 0 Å². The number of hydrogen-bond acceptors (Lipinski definition) is 3. The van der Waals surface area contributed by atoms with Crippen molar-refractivity contribution in [1.29, 1.82) is 0 Å². The summed E-state index contributed by atoms with van der Waals surface area (Å²) in [5.74, 6) is 0.336. The van der Waals surface area contributed by atoms with Crippen molar-refractivity contribution in [2.24, 2.45) is 5.92 Å². The molecule has 0 saturated carbocycles. The highest BCUT2D eigenvalue weighted by atomic mass is 19.1. The molecule has 0 aromatic heterocycles. The van der Waals surface area contributed by atoms with Gasteiger partial charge in [0, 0.05) is 12.8 Å². The van der Waals surface area contributed by atoms with E-state index in [1.54, 1.807) is 6.08 Å². The third kappa shape index (κ3) is 17.9. The molecule has 2 N–H and O–H groups in total. The number of halogens is 1. The Hall–Kier alpha value is -2.46. The van der Waals surface area contributed by atoms with E-state index in [0.717, 1.165) is 25.6 Å². The van der Waals surface area contributed by atoms with Crippen LogP contribution in [0.2, 0.25) is 0 Å². The summed E-state index contributed by atoms with van der Waals surface area (Å²) >= 11 is 0. The number of carbonyl (C=O) groups is 1. The van der Waals surface area contributed by atoms with Gasteiger partial charge in [0.05, 0.1) is 0 Å². The molecule has 144 valence electrons. The van der Waals surface area contributed by atoms with Gasteiger partial charge in [0.1, 0.15) is 5.83 Å². The van der Waals surface area contributed by atoms with Crippen molar-refractivity contribution in [2.45, 2.75) is 33.1 Å². The molecule has 1 aliphatic rings. The van der Waals surface area contributed by atoms with Crippen LogP contribution < -0.4 is 5.32 Å². The van der Waals surface area contributed by atoms with Gasteiger partial charge in [0.2, 0.25) is 0 Å². The average molecular weight is 362 g/mol. The molecule has 0 aromatic carbocycles. The zero-order chi connectivity index (χ0) is 20.2. The Labute approximate surface area is 157 Å². The Kier molecular flexibility index (Phi) is 18.7. The summed E-state index contributed by atoms with van der Waals surface area (Å²) in [4.78, 5) is 10.4. The van der Waals surface area contributed by atoms with E-state index >= 15 is 0 Å². The molecule has 1 unspecified atom stereocenters. The van der Waals surface area contributed by atoms with Gasteiger partial charge in [-0.05, 0) is 63.5 Å². The van der Waals surface area contributed by atoms with E-state index in [1.165, 1.54) is 37.8 Å². The maximum atomic E-state index is 12.6. The standard InChI is InChI=1S/C14H17F.C7H11NO.CH4O/c1-2-14(15)12-8-7-11-13-9-5-3-4-6-10-13;1-4-8-6(2)5-7(3)9;1-2/h2-5,7-9,12-13H,1,6,10-11H2;4-5,8H,1H2,2-3H3;2H,1H3/b8-7+,14-12+;6-5-;. The summed E-state index contributed by atoms with van der Waals surface area (Å²) in [5.41, 5.74) is 0.817. The van der Waals surface area contributed by atoms with Gasteiger partial charge < -0.3 is 10.4 Å². The van der Waals surface area contributed by atoms with Gasteiger partial charge in [-0.15, -0.1) is 0 Å². The largest absolute Gasteiger partial charge is 0.400 e. The van der Waals surface area contributed by atoms with E-state index in [0.29, 0.717) is 5.92 Å². The second kappa shape index (κ2) is 18.9. The number of ketones is 1. The number of carbonyl (C=O) groups excluding carboxylic acids is 1. The monoisotopic (exact) mass is 361 g/mol. The molecule has 0 aliphatic heterocycles. The molecular weight excluding hydrogens is 329 g/mol. The molecule has 0 saturated heterocycles. The fourth-order valence-corrected chi connectivity index (χ4v) is 1.99. The van der Waals surface area contributed by atoms with Crippen LogP contribution in [0.4, 0.5) is 4.39 Å². The number of allylic oxidation sites excluding steroid dienone is 11. The third-order valence-electron chi connectivity index (χ3n) is 3.11. The number of rotatable bonds is 7. The normalized spacial score (nSPS) is 16.6. The van der Waals surface area contributed by atoms with Gasteiger partial charge in [-0.25, -0.2) is 4.39 Å². The first-order valence-electron chi connectivity index (χ1n) is 8.48. The van der Waals surface area contributed by atoms with Gasteiger partial charge in [-0.2, -0.15) is 0 Å². The van der Waals surface area contributed by atoms with E-state index in [1.807, 2.05) is 13.0 Å². The van der Waals surface area contributed by atoms with Gasteiger partial charge in [-0.3, -0.25) is 4.79 Å². The lowest BCUT2D eigenvalue weighted by Gasteiger charge is -2.05. The van der Waals surface area contributed by atoms with Crippen molar-refractivity contribution < 1.29 is 14.3 Å². The smallest absolute Gasteiger partial charge is 0.154 e. The van der Waals surface area contributed by atoms with E-state index < -0.39 is 0 Å². The predicted molar refractivity (Wildman–Crippen MR) is 110 cm³/mol. The van der Waals surface area contributed by atoms with Crippen molar-refractivity contribution in [2.75, 3.05) is 7.11 Å². The summed E-state index contributed by atoms with van der Waals surface area (Å²) in [6.45, 7) is 10.1. The van der Waals surface area contributed by atoms with Crippen LogP contribution in [0.15, 0.2) is 85.6 Å². The zero-order valence-electron chi connectivity index (χ0n) is 16.1. The highest BCUT2D eigenvalue weighted by Crippen LogP contribution is 2.17. The van der Waals surface area contributed by atoms with Crippen molar-refractivity contribution in [3.8, 4) is 0 Å². The molecule has 0 bridgehead atoms. The number of nitrogens with one attached hydrogen (secondary N) is 1. The quantitative estimate of drug-likeness (QED) is 0.477. The van der Waals surface area contributed by atoms with E-state index in [-0.39, 0.29) is 11.6 Å². The number of aliphatic hydroxyl groups is 1. The summed E-state index contributed by atoms with van der Waals surface area (Å²) in [6, 6.07) is 0. The minimum Gasteiger partial charge on any atom is -0.400 e. The van der Waals surface area contributed by atoms with Gasteiger partial charge in [0.15, 0.2) is 5.78 Å². The first kappa shape index (κ1) is 25.8. The zero-order valence-corrected chi connectivity index (χ0v) is 16.1. The molecule has 0 radical (unpaired) electrons. The molecule has 0 spiro atoms. The summed E-state index contributed by atoms with van der Waals surface area (Å²) in [6.07, 6.45) is 21.3. The minimum absolute atomic E-state index is 0.0434. The molecule has 0 fully saturated rings. The van der Waals surface area contributed by atoms with E-state index in [4.69, 9.17) is 5.11 Å². The van der Waals surface area contributed by atoms with Gasteiger partial charge in [0.25, 0.3) is 0 Å². The SMILES string of the molecule is C=C/C(F)=C\C=C\CC1C=CC=CCC1.C=CN/C(C)=C\C(C)=O.CO. The fraction of sp³-hybridized carbons (Fsp3) is 0.318. The topological polar surface area (TPSA) is 49.3 Å². The maximum absolute atomic E-state index is 12.6. The molecule has 4 heteroatoms. The Morgan fingerprint density at radius 1 is 1.31 bits per heavy atom. The van der Waals surface area contributed by atoms with Crippen LogP contribution in [-0.2, 0) is 4.79 Å². The lowest BCUT2D eigenvalue weighted by molar-refractivity contribution is -0.112. The van der Waals surface area contributed by atoms with Gasteiger partial charge >= 0.3 is 0 Å². The Bertz CT molecular complexity index is 554. The first-order valence-corrected chi connectivity index (χ1v) is 8.48. The highest BCUT2D eigenvalue weighted by Gasteiger charge is 2.02. The van der Waals surface area contributed by atoms with Crippen LogP contribution in [0, 0.1) is 5.92 Å². The number of hydrogen-bond donors (Lipinski definition) is 2. The maximum Gasteiger partial charge on any atom is 0.154 e. The van der Waals surface area contributed by atoms with Crippen LogP contribution in [-0.4, -0.2) is 18.0 Å². The first-order chi connectivity index (χ1) is 12.5. The molecule has 26 heavy (non-hydrogen) atoms. The van der Waals surface area contributed by atoms with Gasteiger partial charge in [-0.1, -0.05) is 49.6 Å². The number of aliphatic hydroxyl groups excluding tert-OH is 1. The minimum atomic E-state index is -0.288. The van der Waals surface area contributed by atoms with Crippen molar-refractivity contribution >= 4 is 5.78 Å². The summed E-state index contributed by atoms with van der Waals surface area (Å²) in [5, 5.41) is 9.78. The lowest BCUT2D eigenvalue weighted by Crippen LogP contribution is -2.01. The summed E-state index contributed by atoms with van der Waals surface area (Å²) in [7, 11) is 1.00. The second-order valence-corrected chi connectivity index (χ2v) is 5.36. The molecular formula is C22H32FNO2. The van der Waals surface area contributed by atoms with Crippen LogP contribution >= 0.6 is 0 Å². The molecule has 3 nitrogen and oxygen atoms in total.